The van der Waals surface area contributed by atoms with Gasteiger partial charge in [-0.25, -0.2) is 0 Å². The fraction of sp³-hybridized carbons (Fsp3) is 0.833. The Labute approximate surface area is 81.6 Å². The molecule has 1 heteroatoms. The molecule has 13 heavy (non-hydrogen) atoms. The summed E-state index contributed by atoms with van der Waals surface area (Å²) in [6, 6.07) is 0. The van der Waals surface area contributed by atoms with Gasteiger partial charge in [-0.3, -0.25) is 0 Å². The van der Waals surface area contributed by atoms with Crippen molar-refractivity contribution in [3.8, 4) is 0 Å². The molecule has 0 radical (unpaired) electrons. The molecule has 0 aromatic rings. The third kappa shape index (κ3) is 1.10. The van der Waals surface area contributed by atoms with Crippen LogP contribution in [0.4, 0.5) is 0 Å². The first-order valence-corrected chi connectivity index (χ1v) is 5.29. The maximum Gasteiger partial charge on any atom is 0.0201 e. The molecule has 3 rings (SSSR count). The highest BCUT2D eigenvalue weighted by molar-refractivity contribution is 5.26. The fourth-order valence-electron chi connectivity index (χ4n) is 3.06. The average Bonchev–Trinajstić information content (AvgIpc) is 1.78. The van der Waals surface area contributed by atoms with Crippen LogP contribution in [0.15, 0.2) is 12.7 Å². The van der Waals surface area contributed by atoms with Crippen molar-refractivity contribution in [2.24, 2.45) is 10.8 Å². The lowest BCUT2D eigenvalue weighted by Crippen LogP contribution is -2.77. The molecule has 3 aliphatic rings. The van der Waals surface area contributed by atoms with E-state index in [1.54, 1.807) is 0 Å². The molecule has 3 fully saturated rings. The zero-order valence-electron chi connectivity index (χ0n) is 9.11. The Morgan fingerprint density at radius 3 is 2.23 bits per heavy atom. The minimum absolute atomic E-state index is 0.505. The summed E-state index contributed by atoms with van der Waals surface area (Å²) in [5.41, 5.74) is 1.69. The number of hydrogen-bond acceptors (Lipinski definition) is 1. The highest BCUT2D eigenvalue weighted by Crippen LogP contribution is 2.73. The van der Waals surface area contributed by atoms with Crippen molar-refractivity contribution in [3.05, 3.63) is 12.7 Å². The van der Waals surface area contributed by atoms with Gasteiger partial charge in [-0.1, -0.05) is 26.8 Å². The molecule has 0 spiro atoms. The summed E-state index contributed by atoms with van der Waals surface area (Å²) < 4.78 is 0. The first-order chi connectivity index (χ1) is 5.93. The summed E-state index contributed by atoms with van der Waals surface area (Å²) in [7, 11) is 0. The maximum absolute atomic E-state index is 3.74. The summed E-state index contributed by atoms with van der Waals surface area (Å²) in [4.78, 5) is 0. The van der Waals surface area contributed by atoms with Crippen molar-refractivity contribution in [2.75, 3.05) is 6.54 Å². The summed E-state index contributed by atoms with van der Waals surface area (Å²) in [5, 5.41) is 3.59. The van der Waals surface area contributed by atoms with Crippen molar-refractivity contribution in [1.29, 1.82) is 0 Å². The lowest BCUT2D eigenvalue weighted by molar-refractivity contribution is -0.215. The molecule has 1 nitrogen and oxygen atoms in total. The minimum atomic E-state index is 0.505. The van der Waals surface area contributed by atoms with Crippen LogP contribution in [0, 0.1) is 10.8 Å². The third-order valence-electron chi connectivity index (χ3n) is 4.24. The molecule has 0 unspecified atom stereocenters. The molecule has 0 atom stereocenters. The van der Waals surface area contributed by atoms with Crippen LogP contribution in [-0.4, -0.2) is 12.1 Å². The van der Waals surface area contributed by atoms with E-state index in [2.05, 4.69) is 32.7 Å². The van der Waals surface area contributed by atoms with Crippen molar-refractivity contribution in [3.63, 3.8) is 0 Å². The van der Waals surface area contributed by atoms with Crippen LogP contribution in [0.2, 0.25) is 0 Å². The molecule has 3 saturated carbocycles. The molecular weight excluding hydrogens is 158 g/mol. The average molecular weight is 179 g/mol. The van der Waals surface area contributed by atoms with E-state index in [1.807, 2.05) is 6.08 Å². The summed E-state index contributed by atoms with van der Waals surface area (Å²) >= 11 is 0. The van der Waals surface area contributed by atoms with Gasteiger partial charge in [0.2, 0.25) is 0 Å². The Hall–Kier alpha value is -0.300. The van der Waals surface area contributed by atoms with Crippen molar-refractivity contribution in [2.45, 2.75) is 45.6 Å². The molecule has 2 bridgehead atoms. The molecule has 74 valence electrons. The van der Waals surface area contributed by atoms with E-state index in [4.69, 9.17) is 0 Å². The van der Waals surface area contributed by atoms with Crippen LogP contribution < -0.4 is 5.32 Å². The highest BCUT2D eigenvalue weighted by atomic mass is 15.1. The Balaban J connectivity index is 1.89. The van der Waals surface area contributed by atoms with Gasteiger partial charge in [-0.2, -0.15) is 0 Å². The van der Waals surface area contributed by atoms with E-state index >= 15 is 0 Å². The third-order valence-corrected chi connectivity index (χ3v) is 4.24. The molecular formula is C12H21N. The monoisotopic (exact) mass is 179 g/mol. The molecule has 0 saturated heterocycles. The predicted molar refractivity (Wildman–Crippen MR) is 56.7 cm³/mol. The second kappa shape index (κ2) is 2.38. The lowest BCUT2D eigenvalue weighted by atomic mass is 9.33. The molecule has 1 N–H and O–H groups in total. The van der Waals surface area contributed by atoms with Gasteiger partial charge in [0.05, 0.1) is 0 Å². The van der Waals surface area contributed by atoms with Crippen LogP contribution in [0.25, 0.3) is 0 Å². The van der Waals surface area contributed by atoms with E-state index in [0.717, 1.165) is 6.54 Å². The molecule has 3 aliphatic carbocycles. The number of rotatable bonds is 3. The van der Waals surface area contributed by atoms with Crippen molar-refractivity contribution >= 4 is 0 Å². The molecule has 0 heterocycles. The Morgan fingerprint density at radius 2 is 1.85 bits per heavy atom. The normalized spacial score (nSPS) is 42.1. The van der Waals surface area contributed by atoms with Crippen LogP contribution in [0.1, 0.15) is 40.0 Å². The number of nitrogens with one attached hydrogen (secondary N) is 1. The van der Waals surface area contributed by atoms with Crippen LogP contribution in [0.5, 0.6) is 0 Å². The van der Waals surface area contributed by atoms with Gasteiger partial charge < -0.3 is 5.32 Å². The quantitative estimate of drug-likeness (QED) is 0.657. The second-order valence-corrected chi connectivity index (χ2v) is 6.01. The Bertz CT molecular complexity index is 214. The van der Waals surface area contributed by atoms with Gasteiger partial charge in [0.15, 0.2) is 0 Å². The molecule has 0 aromatic heterocycles. The van der Waals surface area contributed by atoms with Gasteiger partial charge >= 0.3 is 0 Å². The molecule has 0 aliphatic heterocycles. The SMILES string of the molecule is C=CCNC12CC(C(C)(C)C)(C1)C2. The zero-order valence-corrected chi connectivity index (χ0v) is 9.11. The van der Waals surface area contributed by atoms with Gasteiger partial charge in [0.1, 0.15) is 0 Å². The topological polar surface area (TPSA) is 12.0 Å². The smallest absolute Gasteiger partial charge is 0.0201 e. The first kappa shape index (κ1) is 9.26. The summed E-state index contributed by atoms with van der Waals surface area (Å²) in [6.45, 7) is 11.9. The minimum Gasteiger partial charge on any atom is -0.308 e. The van der Waals surface area contributed by atoms with Gasteiger partial charge in [0, 0.05) is 12.1 Å². The summed E-state index contributed by atoms with van der Waals surface area (Å²) in [5.74, 6) is 0. The Kier molecular flexibility index (Phi) is 1.70. The van der Waals surface area contributed by atoms with Crippen molar-refractivity contribution in [1.82, 2.24) is 5.32 Å². The molecule has 0 aromatic carbocycles. The van der Waals surface area contributed by atoms with E-state index in [-0.39, 0.29) is 0 Å². The first-order valence-electron chi connectivity index (χ1n) is 5.29. The van der Waals surface area contributed by atoms with E-state index in [9.17, 15) is 0 Å². The van der Waals surface area contributed by atoms with Crippen LogP contribution >= 0.6 is 0 Å². The highest BCUT2D eigenvalue weighted by Gasteiger charge is 2.71. The van der Waals surface area contributed by atoms with Gasteiger partial charge in [0.25, 0.3) is 0 Å². The van der Waals surface area contributed by atoms with E-state index in [1.165, 1.54) is 19.3 Å². The standard InChI is InChI=1S/C12H21N/c1-5-6-13-12-7-11(8-12,9-12)10(2,3)4/h5,13H,1,6-9H2,2-4H3. The predicted octanol–water partition coefficient (Wildman–Crippen LogP) is 2.73. The van der Waals surface area contributed by atoms with Crippen LogP contribution in [0.3, 0.4) is 0 Å². The van der Waals surface area contributed by atoms with E-state index in [0.29, 0.717) is 16.4 Å². The molecule has 0 amide bonds. The van der Waals surface area contributed by atoms with Crippen LogP contribution in [-0.2, 0) is 0 Å². The van der Waals surface area contributed by atoms with E-state index < -0.39 is 0 Å². The largest absolute Gasteiger partial charge is 0.308 e. The number of hydrogen-bond donors (Lipinski definition) is 1. The fourth-order valence-corrected chi connectivity index (χ4v) is 3.06. The maximum atomic E-state index is 3.74. The second-order valence-electron chi connectivity index (χ2n) is 6.01. The zero-order chi connectivity index (χ0) is 9.74. The lowest BCUT2D eigenvalue weighted by Gasteiger charge is -2.76. The summed E-state index contributed by atoms with van der Waals surface area (Å²) in [6.07, 6.45) is 6.12. The van der Waals surface area contributed by atoms with Gasteiger partial charge in [-0.05, 0) is 30.1 Å². The Morgan fingerprint density at radius 1 is 1.31 bits per heavy atom. The van der Waals surface area contributed by atoms with Crippen molar-refractivity contribution < 1.29 is 0 Å². The van der Waals surface area contributed by atoms with Gasteiger partial charge in [-0.15, -0.1) is 6.58 Å².